The standard InChI is InChI=1S/C18H21FN4O3/c1-9-13-15-11(16(14(9)19)22-6-3-10(20)7-22)4-5-21(2)23(15)8-12(17(13)24)18(25)26/h8,10H,3-7,20H2,1-2H3,(H,25,26)/t10-/m0/s1. The number of halogens is 1. The normalized spacial score (nSPS) is 19.5. The van der Waals surface area contributed by atoms with Crippen molar-refractivity contribution < 1.29 is 14.3 Å². The van der Waals surface area contributed by atoms with Gasteiger partial charge in [-0.05, 0) is 19.8 Å². The zero-order valence-electron chi connectivity index (χ0n) is 14.8. The molecular formula is C18H21FN4O3. The molecule has 2 aliphatic rings. The average Bonchev–Trinajstić information content (AvgIpc) is 3.01. The van der Waals surface area contributed by atoms with Gasteiger partial charge in [0.05, 0.1) is 16.6 Å². The van der Waals surface area contributed by atoms with Crippen LogP contribution in [0.2, 0.25) is 0 Å². The second-order valence-electron chi connectivity index (χ2n) is 7.14. The number of rotatable bonds is 2. The third-order valence-electron chi connectivity index (χ3n) is 5.50. The number of hydrogen-bond acceptors (Lipinski definition) is 5. The van der Waals surface area contributed by atoms with Gasteiger partial charge in [0.2, 0.25) is 5.43 Å². The van der Waals surface area contributed by atoms with Crippen LogP contribution in [0.15, 0.2) is 11.0 Å². The fourth-order valence-corrected chi connectivity index (χ4v) is 4.13. The molecule has 2 aromatic rings. The van der Waals surface area contributed by atoms with Crippen molar-refractivity contribution in [3.05, 3.63) is 38.9 Å². The number of aryl methyl sites for hydroxylation is 1. The molecule has 0 aliphatic carbocycles. The minimum Gasteiger partial charge on any atom is -0.477 e. The van der Waals surface area contributed by atoms with Crippen LogP contribution >= 0.6 is 0 Å². The first-order valence-corrected chi connectivity index (χ1v) is 8.66. The third-order valence-corrected chi connectivity index (χ3v) is 5.50. The summed E-state index contributed by atoms with van der Waals surface area (Å²) in [4.78, 5) is 26.2. The Kier molecular flexibility index (Phi) is 3.69. The Morgan fingerprint density at radius 3 is 2.73 bits per heavy atom. The van der Waals surface area contributed by atoms with Crippen molar-refractivity contribution in [3.63, 3.8) is 0 Å². The van der Waals surface area contributed by atoms with Gasteiger partial charge in [-0.2, -0.15) is 0 Å². The number of nitrogens with zero attached hydrogens (tertiary/aromatic N) is 3. The topological polar surface area (TPSA) is 91.8 Å². The molecule has 8 heteroatoms. The van der Waals surface area contributed by atoms with Crippen LogP contribution in [0.1, 0.15) is 27.9 Å². The minimum atomic E-state index is -1.31. The number of aromatic nitrogens is 1. The summed E-state index contributed by atoms with van der Waals surface area (Å²) in [5.74, 6) is -1.76. The van der Waals surface area contributed by atoms with Gasteiger partial charge < -0.3 is 20.7 Å². The van der Waals surface area contributed by atoms with E-state index < -0.39 is 17.2 Å². The predicted octanol–water partition coefficient (Wildman–Crippen LogP) is 0.809. The lowest BCUT2D eigenvalue weighted by Crippen LogP contribution is -2.40. The minimum absolute atomic E-state index is 0.000413. The number of carboxylic acid groups (broad SMARTS) is 1. The highest BCUT2D eigenvalue weighted by Gasteiger charge is 2.32. The maximum Gasteiger partial charge on any atom is 0.341 e. The summed E-state index contributed by atoms with van der Waals surface area (Å²) < 4.78 is 17.0. The third kappa shape index (κ3) is 2.21. The van der Waals surface area contributed by atoms with Gasteiger partial charge in [0, 0.05) is 50.0 Å². The summed E-state index contributed by atoms with van der Waals surface area (Å²) in [6.45, 7) is 3.38. The van der Waals surface area contributed by atoms with Crippen molar-refractivity contribution in [2.75, 3.05) is 36.6 Å². The molecule has 3 N–H and O–H groups in total. The molecule has 4 rings (SSSR count). The van der Waals surface area contributed by atoms with E-state index in [0.717, 1.165) is 12.0 Å². The van der Waals surface area contributed by atoms with Crippen LogP contribution < -0.4 is 21.1 Å². The first kappa shape index (κ1) is 16.8. The van der Waals surface area contributed by atoms with Gasteiger partial charge in [-0.15, -0.1) is 0 Å². The van der Waals surface area contributed by atoms with E-state index in [1.807, 2.05) is 17.0 Å². The van der Waals surface area contributed by atoms with Crippen molar-refractivity contribution in [3.8, 4) is 0 Å². The van der Waals surface area contributed by atoms with Gasteiger partial charge in [0.1, 0.15) is 5.56 Å². The lowest BCUT2D eigenvalue weighted by Gasteiger charge is -2.34. The first-order chi connectivity index (χ1) is 12.3. The Bertz CT molecular complexity index is 1000. The molecular weight excluding hydrogens is 339 g/mol. The van der Waals surface area contributed by atoms with Crippen molar-refractivity contribution in [1.29, 1.82) is 0 Å². The van der Waals surface area contributed by atoms with Crippen LogP contribution in [-0.4, -0.2) is 48.5 Å². The lowest BCUT2D eigenvalue weighted by molar-refractivity contribution is 0.0695. The van der Waals surface area contributed by atoms with Gasteiger partial charge in [0.15, 0.2) is 5.82 Å². The zero-order chi connectivity index (χ0) is 18.7. The molecule has 1 atom stereocenters. The molecule has 0 spiro atoms. The van der Waals surface area contributed by atoms with Gasteiger partial charge in [-0.3, -0.25) is 9.47 Å². The first-order valence-electron chi connectivity index (χ1n) is 8.66. The van der Waals surface area contributed by atoms with E-state index in [9.17, 15) is 14.7 Å². The molecule has 1 aromatic heterocycles. The van der Waals surface area contributed by atoms with Gasteiger partial charge in [-0.1, -0.05) is 0 Å². The maximum atomic E-state index is 15.3. The summed E-state index contributed by atoms with van der Waals surface area (Å²) in [5, 5.41) is 11.4. The second-order valence-corrected chi connectivity index (χ2v) is 7.14. The van der Waals surface area contributed by atoms with Crippen molar-refractivity contribution >= 4 is 22.6 Å². The van der Waals surface area contributed by atoms with E-state index >= 15 is 4.39 Å². The summed E-state index contributed by atoms with van der Waals surface area (Å²) >= 11 is 0. The molecule has 1 fully saturated rings. The number of hydrogen-bond donors (Lipinski definition) is 2. The number of pyridine rings is 1. The van der Waals surface area contributed by atoms with Gasteiger partial charge in [0.25, 0.3) is 0 Å². The van der Waals surface area contributed by atoms with E-state index in [2.05, 4.69) is 0 Å². The summed E-state index contributed by atoms with van der Waals surface area (Å²) in [6.07, 6.45) is 2.71. The van der Waals surface area contributed by atoms with Crippen LogP contribution in [0, 0.1) is 12.7 Å². The van der Waals surface area contributed by atoms with Crippen molar-refractivity contribution in [2.45, 2.75) is 25.8 Å². The van der Waals surface area contributed by atoms with Gasteiger partial charge in [-0.25, -0.2) is 9.18 Å². The zero-order valence-corrected chi connectivity index (χ0v) is 14.8. The number of anilines is 1. The van der Waals surface area contributed by atoms with E-state index in [1.165, 1.54) is 6.20 Å². The fourth-order valence-electron chi connectivity index (χ4n) is 4.13. The van der Waals surface area contributed by atoms with E-state index in [-0.39, 0.29) is 22.6 Å². The molecule has 1 aromatic carbocycles. The molecule has 0 saturated carbocycles. The number of benzene rings is 1. The van der Waals surface area contributed by atoms with E-state index in [0.29, 0.717) is 37.3 Å². The van der Waals surface area contributed by atoms with Gasteiger partial charge >= 0.3 is 5.97 Å². The summed E-state index contributed by atoms with van der Waals surface area (Å²) in [5.41, 5.74) is 7.07. The Labute approximate surface area is 149 Å². The Morgan fingerprint density at radius 1 is 1.38 bits per heavy atom. The Morgan fingerprint density at radius 2 is 2.12 bits per heavy atom. The number of aromatic carboxylic acids is 1. The van der Waals surface area contributed by atoms with Crippen LogP contribution in [0.5, 0.6) is 0 Å². The van der Waals surface area contributed by atoms with E-state index in [4.69, 9.17) is 5.73 Å². The fraction of sp³-hybridized carbons (Fsp3) is 0.444. The predicted molar refractivity (Wildman–Crippen MR) is 97.4 cm³/mol. The molecule has 0 unspecified atom stereocenters. The van der Waals surface area contributed by atoms with Crippen molar-refractivity contribution in [1.82, 2.24) is 4.68 Å². The van der Waals surface area contributed by atoms with Crippen LogP contribution in [0.25, 0.3) is 10.9 Å². The molecule has 0 bridgehead atoms. The van der Waals surface area contributed by atoms with Crippen molar-refractivity contribution in [2.24, 2.45) is 5.73 Å². The molecule has 1 saturated heterocycles. The number of nitrogens with two attached hydrogens (primary N) is 1. The molecule has 26 heavy (non-hydrogen) atoms. The molecule has 7 nitrogen and oxygen atoms in total. The second kappa shape index (κ2) is 5.70. The molecule has 138 valence electrons. The summed E-state index contributed by atoms with van der Waals surface area (Å²) in [7, 11) is 1.82. The molecule has 0 amide bonds. The quantitative estimate of drug-likeness (QED) is 0.823. The Hall–Kier alpha value is -2.61. The number of carbonyl (C=O) groups is 1. The highest BCUT2D eigenvalue weighted by molar-refractivity contribution is 5.97. The Balaban J connectivity index is 2.13. The largest absolute Gasteiger partial charge is 0.477 e. The average molecular weight is 360 g/mol. The highest BCUT2D eigenvalue weighted by Crippen LogP contribution is 2.37. The summed E-state index contributed by atoms with van der Waals surface area (Å²) in [6, 6.07) is 0.000413. The maximum absolute atomic E-state index is 15.3. The number of likely N-dealkylation sites (N-methyl/N-ethyl adjacent to an activating group) is 1. The van der Waals surface area contributed by atoms with Crippen LogP contribution in [0.4, 0.5) is 10.1 Å². The van der Waals surface area contributed by atoms with E-state index in [1.54, 1.807) is 11.6 Å². The van der Waals surface area contributed by atoms with Crippen LogP contribution in [0.3, 0.4) is 0 Å². The molecule has 2 aliphatic heterocycles. The smallest absolute Gasteiger partial charge is 0.341 e. The molecule has 3 heterocycles. The SMILES string of the molecule is Cc1c(F)c(N2CC[C@H](N)C2)c2c3c1c(=O)c(C(=O)O)cn3N(C)CC2. The number of carboxylic acids is 1. The molecule has 0 radical (unpaired) electrons. The lowest BCUT2D eigenvalue weighted by atomic mass is 9.96. The van der Waals surface area contributed by atoms with Crippen LogP contribution in [-0.2, 0) is 6.42 Å². The highest BCUT2D eigenvalue weighted by atomic mass is 19.1. The monoisotopic (exact) mass is 360 g/mol.